The first kappa shape index (κ1) is 16.3. The number of nitrogens with two attached hydrogens (primary N) is 2. The van der Waals surface area contributed by atoms with Crippen molar-refractivity contribution in [1.29, 1.82) is 5.26 Å². The van der Waals surface area contributed by atoms with Gasteiger partial charge < -0.3 is 12.6 Å². The van der Waals surface area contributed by atoms with Gasteiger partial charge in [0.2, 0.25) is 0 Å². The van der Waals surface area contributed by atoms with E-state index in [2.05, 4.69) is 24.3 Å². The molecule has 0 heterocycles. The van der Waals surface area contributed by atoms with Crippen LogP contribution in [0.4, 0.5) is 0 Å². The molecule has 4 N–H and O–H groups in total. The van der Waals surface area contributed by atoms with E-state index in [0.717, 1.165) is 0 Å². The van der Waals surface area contributed by atoms with Gasteiger partial charge in [0.25, 0.3) is 0 Å². The molecule has 0 saturated carbocycles. The molecule has 30 valence electrons. The zero-order chi connectivity index (χ0) is 4.71. The average Bonchev–Trinajstić information content (AvgIpc) is 1.46. The number of rotatable bonds is 0. The van der Waals surface area contributed by atoms with Crippen molar-refractivity contribution in [2.24, 2.45) is 11.7 Å². The molecule has 0 aromatic heterocycles. The molecule has 0 saturated heterocycles. The van der Waals surface area contributed by atoms with Crippen LogP contribution in [0.1, 0.15) is 0 Å². The maximum atomic E-state index is 7.13. The van der Waals surface area contributed by atoms with E-state index >= 15 is 0 Å². The zero-order valence-corrected chi connectivity index (χ0v) is 7.00. The monoisotopic (exact) mass is 154 g/mol. The fourth-order valence-electron chi connectivity index (χ4n) is 0. The van der Waals surface area contributed by atoms with Gasteiger partial charge in [0.15, 0.2) is 0 Å². The first-order valence-corrected chi connectivity index (χ1v) is 1.17. The third-order valence-corrected chi connectivity index (χ3v) is 0. The van der Waals surface area contributed by atoms with E-state index in [0.29, 0.717) is 0 Å². The van der Waals surface area contributed by atoms with Gasteiger partial charge >= 0.3 is 19.5 Å². The molecule has 0 atom stereocenters. The Hall–Kier alpha value is 0.253. The van der Waals surface area contributed by atoms with E-state index in [1.54, 1.807) is 0 Å². The smallest absolute Gasteiger partial charge is 0.696 e. The van der Waals surface area contributed by atoms with Crippen molar-refractivity contribution in [3.63, 3.8) is 0 Å². The second-order valence-electron chi connectivity index (χ2n) is 0.0913. The van der Waals surface area contributed by atoms with Gasteiger partial charge in [-0.15, -0.1) is 0 Å². The number of hydrogen-bond acceptors (Lipinski definition) is 4. The van der Waals surface area contributed by atoms with E-state index in [4.69, 9.17) is 5.26 Å². The summed E-state index contributed by atoms with van der Waals surface area (Å²) in [6.45, 7) is 0. The van der Waals surface area contributed by atoms with Crippen LogP contribution in [-0.4, -0.2) is 0 Å². The molecule has 0 aromatic carbocycles. The Morgan fingerprint density at radius 2 is 1.50 bits per heavy atom. The third-order valence-electron chi connectivity index (χ3n) is 0. The summed E-state index contributed by atoms with van der Waals surface area (Å²) in [6, 6.07) is 0. The first-order valence-electron chi connectivity index (χ1n) is 0.761. The molecule has 0 aliphatic rings. The normalized spacial score (nSPS) is 2.17. The molecule has 6 heavy (non-hydrogen) atoms. The number of nitrogens with zero attached hydrogens (tertiary/aromatic N) is 1. The van der Waals surface area contributed by atoms with Gasteiger partial charge in [-0.3, -0.25) is 11.7 Å². The van der Waals surface area contributed by atoms with Crippen molar-refractivity contribution >= 4 is 12.6 Å². The van der Waals surface area contributed by atoms with Crippen LogP contribution in [0.2, 0.25) is 0 Å². The molecular weight excluding hydrogens is 151 g/mol. The van der Waals surface area contributed by atoms with Crippen molar-refractivity contribution in [1.82, 2.24) is 0 Å². The molecule has 0 aliphatic heterocycles. The SMILES string of the molecule is N#C[S-].NN.[Zn+2]. The summed E-state index contributed by atoms with van der Waals surface area (Å²) in [7, 11) is 0. The van der Waals surface area contributed by atoms with Gasteiger partial charge in [-0.05, 0) is 0 Å². The topological polar surface area (TPSA) is 75.8 Å². The maximum absolute atomic E-state index is 7.13. The molecule has 0 rings (SSSR count). The van der Waals surface area contributed by atoms with Crippen LogP contribution in [0.15, 0.2) is 0 Å². The third kappa shape index (κ3) is 701. The molecule has 0 aliphatic carbocycles. The summed E-state index contributed by atoms with van der Waals surface area (Å²) in [4.78, 5) is 0. The van der Waals surface area contributed by atoms with Gasteiger partial charge in [0, 0.05) is 0 Å². The van der Waals surface area contributed by atoms with Crippen molar-refractivity contribution in [2.45, 2.75) is 0 Å². The first-order chi connectivity index (χ1) is 2.41. The summed E-state index contributed by atoms with van der Waals surface area (Å²) in [5.41, 5.74) is 0. The Labute approximate surface area is 54.8 Å². The van der Waals surface area contributed by atoms with E-state index in [9.17, 15) is 0 Å². The minimum absolute atomic E-state index is 0. The van der Waals surface area contributed by atoms with Gasteiger partial charge in [0.05, 0.1) is 0 Å². The summed E-state index contributed by atoms with van der Waals surface area (Å²) >= 11 is 3.70. The molecule has 0 unspecified atom stereocenters. The fourth-order valence-corrected chi connectivity index (χ4v) is 0. The molecule has 0 bridgehead atoms. The van der Waals surface area contributed by atoms with Crippen LogP contribution < -0.4 is 11.7 Å². The Bertz CT molecular complexity index is 32.3. The summed E-state index contributed by atoms with van der Waals surface area (Å²) in [5.74, 6) is 8.00. The number of thiocyanates is 1. The van der Waals surface area contributed by atoms with E-state index < -0.39 is 0 Å². The van der Waals surface area contributed by atoms with Gasteiger partial charge in [-0.1, -0.05) is 5.40 Å². The molecule has 0 fully saturated rings. The van der Waals surface area contributed by atoms with Gasteiger partial charge in [-0.25, -0.2) is 5.26 Å². The van der Waals surface area contributed by atoms with E-state index in [1.165, 1.54) is 5.40 Å². The van der Waals surface area contributed by atoms with Gasteiger partial charge in [-0.2, -0.15) is 0 Å². The van der Waals surface area contributed by atoms with Crippen LogP contribution >= 0.6 is 0 Å². The molecule has 0 spiro atoms. The molecular formula is CH4N3SZn+. The number of nitriles is 1. The average molecular weight is 156 g/mol. The fraction of sp³-hybridized carbons (Fsp3) is 0. The largest absolute Gasteiger partial charge is 2.00 e. The van der Waals surface area contributed by atoms with Crippen LogP contribution in [-0.2, 0) is 32.1 Å². The molecule has 5 heteroatoms. The second kappa shape index (κ2) is 60.5. The summed E-state index contributed by atoms with van der Waals surface area (Å²) in [5, 5.41) is 8.47. The summed E-state index contributed by atoms with van der Waals surface area (Å²) < 4.78 is 0. The minimum atomic E-state index is 0. The molecule has 0 amide bonds. The number of hydrogen-bond donors (Lipinski definition) is 2. The Morgan fingerprint density at radius 3 is 1.50 bits per heavy atom. The van der Waals surface area contributed by atoms with Crippen molar-refractivity contribution in [3.05, 3.63) is 0 Å². The van der Waals surface area contributed by atoms with Crippen molar-refractivity contribution in [2.75, 3.05) is 0 Å². The minimum Gasteiger partial charge on any atom is -0.696 e. The molecule has 0 aromatic rings. The van der Waals surface area contributed by atoms with E-state index in [-0.39, 0.29) is 19.5 Å². The van der Waals surface area contributed by atoms with Crippen molar-refractivity contribution < 1.29 is 19.5 Å². The Morgan fingerprint density at radius 1 is 1.50 bits per heavy atom. The summed E-state index contributed by atoms with van der Waals surface area (Å²) in [6.07, 6.45) is 0. The Balaban J connectivity index is -0.0000000275. The van der Waals surface area contributed by atoms with E-state index in [1.807, 2.05) is 0 Å². The van der Waals surface area contributed by atoms with Crippen LogP contribution in [0.5, 0.6) is 0 Å². The predicted molar refractivity (Wildman–Crippen MR) is 21.4 cm³/mol. The maximum Gasteiger partial charge on any atom is 2.00 e. The van der Waals surface area contributed by atoms with Crippen LogP contribution in [0, 0.1) is 10.7 Å². The van der Waals surface area contributed by atoms with Crippen molar-refractivity contribution in [3.8, 4) is 5.40 Å². The standard InChI is InChI=1S/CHNS.H4N2.Zn/c2-1-3;1-2;/h3H;1-2H2;/q;;+2/p-1. The van der Waals surface area contributed by atoms with Gasteiger partial charge in [0.1, 0.15) is 0 Å². The zero-order valence-electron chi connectivity index (χ0n) is 3.22. The Kier molecular flexibility index (Phi) is 164. The quantitative estimate of drug-likeness (QED) is 0.152. The second-order valence-corrected chi connectivity index (χ2v) is 0.274. The van der Waals surface area contributed by atoms with Crippen LogP contribution in [0.25, 0.3) is 0 Å². The number of hydrazine groups is 1. The predicted octanol–water partition coefficient (Wildman–Crippen LogP) is -1.17. The molecule has 3 nitrogen and oxygen atoms in total. The van der Waals surface area contributed by atoms with Crippen LogP contribution in [0.3, 0.4) is 0 Å². The molecule has 0 radical (unpaired) electrons.